The molecule has 0 saturated carbocycles. The Kier molecular flexibility index (Phi) is 5.36. The summed E-state index contributed by atoms with van der Waals surface area (Å²) in [4.78, 5) is 14.5. The number of hydrogen-bond acceptors (Lipinski definition) is 6. The van der Waals surface area contributed by atoms with E-state index in [-0.39, 0.29) is 18.2 Å². The molecule has 138 valence electrons. The molecule has 26 heavy (non-hydrogen) atoms. The van der Waals surface area contributed by atoms with Crippen LogP contribution in [0.3, 0.4) is 0 Å². The van der Waals surface area contributed by atoms with Gasteiger partial charge in [-0.3, -0.25) is 0 Å². The van der Waals surface area contributed by atoms with Crippen LogP contribution in [0.15, 0.2) is 29.3 Å². The lowest BCUT2D eigenvalue weighted by Crippen LogP contribution is -2.42. The van der Waals surface area contributed by atoms with Gasteiger partial charge in [0.2, 0.25) is 0 Å². The second-order valence-electron chi connectivity index (χ2n) is 6.50. The summed E-state index contributed by atoms with van der Waals surface area (Å²) in [5.74, 6) is 0.931. The standard InChI is InChI=1S/C20H24N2O4/c1-4-26-20(23)18(12-21)17-7-5-13-6-8-19(17)22(13)14-9-15(24-2)11-16(10-14)25-3/h9-11,13,19H,4-8H2,1-3H3. The highest BCUT2D eigenvalue weighted by molar-refractivity contribution is 5.94. The van der Waals surface area contributed by atoms with Crippen LogP contribution in [0.25, 0.3) is 0 Å². The van der Waals surface area contributed by atoms with Crippen molar-refractivity contribution in [2.24, 2.45) is 0 Å². The number of benzene rings is 1. The number of rotatable bonds is 5. The number of esters is 1. The highest BCUT2D eigenvalue weighted by Gasteiger charge is 2.42. The van der Waals surface area contributed by atoms with E-state index in [1.807, 2.05) is 18.2 Å². The van der Waals surface area contributed by atoms with Crippen molar-refractivity contribution in [3.8, 4) is 17.6 Å². The fraction of sp³-hybridized carbons (Fsp3) is 0.500. The summed E-state index contributed by atoms with van der Waals surface area (Å²) >= 11 is 0. The van der Waals surface area contributed by atoms with Crippen LogP contribution in [-0.2, 0) is 9.53 Å². The molecule has 2 bridgehead atoms. The van der Waals surface area contributed by atoms with Gasteiger partial charge in [-0.1, -0.05) is 0 Å². The summed E-state index contributed by atoms with van der Waals surface area (Å²) in [5.41, 5.74) is 2.05. The van der Waals surface area contributed by atoms with Crippen molar-refractivity contribution in [1.82, 2.24) is 0 Å². The molecule has 3 rings (SSSR count). The van der Waals surface area contributed by atoms with E-state index in [0.29, 0.717) is 6.04 Å². The van der Waals surface area contributed by atoms with Crippen LogP contribution in [0.5, 0.6) is 11.5 Å². The molecule has 6 heteroatoms. The van der Waals surface area contributed by atoms with Crippen molar-refractivity contribution < 1.29 is 19.0 Å². The predicted molar refractivity (Wildman–Crippen MR) is 97.3 cm³/mol. The number of carbonyl (C=O) groups is 1. The zero-order valence-electron chi connectivity index (χ0n) is 15.4. The van der Waals surface area contributed by atoms with Gasteiger partial charge in [0.05, 0.1) is 26.9 Å². The van der Waals surface area contributed by atoms with E-state index in [9.17, 15) is 10.1 Å². The van der Waals surface area contributed by atoms with E-state index < -0.39 is 5.97 Å². The minimum atomic E-state index is -0.515. The van der Waals surface area contributed by atoms with Gasteiger partial charge < -0.3 is 19.1 Å². The minimum absolute atomic E-state index is 0.0321. The SMILES string of the molecule is CCOC(=O)C(C#N)=C1CCC2CCC1N2c1cc(OC)cc(OC)c1. The second-order valence-corrected chi connectivity index (χ2v) is 6.50. The Balaban J connectivity index is 2.02. The number of nitrogens with zero attached hydrogens (tertiary/aromatic N) is 2. The molecule has 2 fully saturated rings. The molecular formula is C20H24N2O4. The molecule has 0 N–H and O–H groups in total. The van der Waals surface area contributed by atoms with Gasteiger partial charge in [-0.25, -0.2) is 4.79 Å². The van der Waals surface area contributed by atoms with Crippen molar-refractivity contribution in [1.29, 1.82) is 5.26 Å². The molecule has 1 aromatic carbocycles. The van der Waals surface area contributed by atoms with E-state index in [1.165, 1.54) is 0 Å². The van der Waals surface area contributed by atoms with Gasteiger partial charge in [0, 0.05) is 29.9 Å². The first-order chi connectivity index (χ1) is 12.6. The molecule has 0 radical (unpaired) electrons. The molecule has 0 amide bonds. The number of anilines is 1. The maximum Gasteiger partial charge on any atom is 0.348 e. The number of ether oxygens (including phenoxy) is 3. The predicted octanol–water partition coefficient (Wildman–Crippen LogP) is 3.22. The Hall–Kier alpha value is -2.68. The lowest BCUT2D eigenvalue weighted by atomic mass is 9.91. The number of fused-ring (bicyclic) bond motifs is 2. The average molecular weight is 356 g/mol. The van der Waals surface area contributed by atoms with Crippen LogP contribution in [0, 0.1) is 11.3 Å². The minimum Gasteiger partial charge on any atom is -0.497 e. The van der Waals surface area contributed by atoms with Crippen LogP contribution < -0.4 is 14.4 Å². The Labute approximate surface area is 153 Å². The first-order valence-corrected chi connectivity index (χ1v) is 8.94. The van der Waals surface area contributed by atoms with E-state index in [0.717, 1.165) is 48.4 Å². The summed E-state index contributed by atoms with van der Waals surface area (Å²) in [5, 5.41) is 9.56. The lowest BCUT2D eigenvalue weighted by Gasteiger charge is -2.39. The largest absolute Gasteiger partial charge is 0.497 e. The number of methoxy groups -OCH3 is 2. The molecule has 2 saturated heterocycles. The Morgan fingerprint density at radius 2 is 1.88 bits per heavy atom. The van der Waals surface area contributed by atoms with Crippen molar-refractivity contribution >= 4 is 11.7 Å². The highest BCUT2D eigenvalue weighted by Crippen LogP contribution is 2.44. The third kappa shape index (κ3) is 3.22. The van der Waals surface area contributed by atoms with Gasteiger partial charge >= 0.3 is 5.97 Å². The molecule has 2 aliphatic heterocycles. The van der Waals surface area contributed by atoms with Crippen LogP contribution in [0.2, 0.25) is 0 Å². The zero-order chi connectivity index (χ0) is 18.7. The third-order valence-electron chi connectivity index (χ3n) is 5.20. The molecule has 0 spiro atoms. The third-order valence-corrected chi connectivity index (χ3v) is 5.20. The normalized spacial score (nSPS) is 23.2. The van der Waals surface area contributed by atoms with Crippen LogP contribution in [0.4, 0.5) is 5.69 Å². The quantitative estimate of drug-likeness (QED) is 0.458. The van der Waals surface area contributed by atoms with Crippen molar-refractivity contribution in [2.45, 2.75) is 44.7 Å². The van der Waals surface area contributed by atoms with Gasteiger partial charge in [-0.2, -0.15) is 5.26 Å². The van der Waals surface area contributed by atoms with Crippen molar-refractivity contribution in [3.05, 3.63) is 29.3 Å². The summed E-state index contributed by atoms with van der Waals surface area (Å²) in [6, 6.07) is 8.31. The molecule has 2 unspecified atom stereocenters. The Morgan fingerprint density at radius 1 is 1.19 bits per heavy atom. The molecule has 0 aromatic heterocycles. The number of nitriles is 1. The highest BCUT2D eigenvalue weighted by atomic mass is 16.5. The number of piperidine rings is 1. The molecular weight excluding hydrogens is 332 g/mol. The van der Waals surface area contributed by atoms with E-state index in [2.05, 4.69) is 11.0 Å². The summed E-state index contributed by atoms with van der Waals surface area (Å²) in [6.07, 6.45) is 3.63. The Bertz CT molecular complexity index is 743. The smallest absolute Gasteiger partial charge is 0.348 e. The van der Waals surface area contributed by atoms with Gasteiger partial charge in [-0.05, 0) is 38.2 Å². The van der Waals surface area contributed by atoms with E-state index in [1.54, 1.807) is 21.1 Å². The maximum absolute atomic E-state index is 12.2. The summed E-state index contributed by atoms with van der Waals surface area (Å²) in [7, 11) is 3.26. The van der Waals surface area contributed by atoms with Gasteiger partial charge in [0.1, 0.15) is 23.1 Å². The van der Waals surface area contributed by atoms with Gasteiger partial charge in [0.15, 0.2) is 0 Å². The molecule has 2 aliphatic rings. The van der Waals surface area contributed by atoms with Crippen LogP contribution in [0.1, 0.15) is 32.6 Å². The second kappa shape index (κ2) is 7.69. The molecule has 2 atom stereocenters. The first-order valence-electron chi connectivity index (χ1n) is 8.94. The summed E-state index contributed by atoms with van der Waals surface area (Å²) < 4.78 is 15.9. The first kappa shape index (κ1) is 18.1. The van der Waals surface area contributed by atoms with Crippen LogP contribution in [-0.4, -0.2) is 38.9 Å². The van der Waals surface area contributed by atoms with Gasteiger partial charge in [-0.15, -0.1) is 0 Å². The monoisotopic (exact) mass is 356 g/mol. The fourth-order valence-electron chi connectivity index (χ4n) is 4.07. The zero-order valence-corrected chi connectivity index (χ0v) is 15.4. The van der Waals surface area contributed by atoms with Gasteiger partial charge in [0.25, 0.3) is 0 Å². The maximum atomic E-state index is 12.2. The van der Waals surface area contributed by atoms with E-state index >= 15 is 0 Å². The molecule has 2 heterocycles. The topological polar surface area (TPSA) is 71.8 Å². The Morgan fingerprint density at radius 3 is 2.46 bits per heavy atom. The van der Waals surface area contributed by atoms with Crippen LogP contribution >= 0.6 is 0 Å². The average Bonchev–Trinajstić information content (AvgIpc) is 2.97. The summed E-state index contributed by atoms with van der Waals surface area (Å²) in [6.45, 7) is 2.01. The number of carbonyl (C=O) groups excluding carboxylic acids is 1. The van der Waals surface area contributed by atoms with Crippen molar-refractivity contribution in [3.63, 3.8) is 0 Å². The van der Waals surface area contributed by atoms with Crippen molar-refractivity contribution in [2.75, 3.05) is 25.7 Å². The fourth-order valence-corrected chi connectivity index (χ4v) is 4.07. The molecule has 6 nitrogen and oxygen atoms in total. The van der Waals surface area contributed by atoms with E-state index in [4.69, 9.17) is 14.2 Å². The molecule has 1 aromatic rings. The number of hydrogen-bond donors (Lipinski definition) is 0. The lowest BCUT2D eigenvalue weighted by molar-refractivity contribution is -0.138. The molecule has 0 aliphatic carbocycles.